The lowest BCUT2D eigenvalue weighted by molar-refractivity contribution is -0.385. The van der Waals surface area contributed by atoms with Crippen molar-refractivity contribution < 1.29 is 22.5 Å². The third-order valence-corrected chi connectivity index (χ3v) is 8.41. The normalized spacial score (nSPS) is 14.9. The molecule has 0 bridgehead atoms. The summed E-state index contributed by atoms with van der Waals surface area (Å²) in [5.41, 5.74) is 0.415. The van der Waals surface area contributed by atoms with Gasteiger partial charge in [0, 0.05) is 43.9 Å². The number of aryl methyl sites for hydroxylation is 1. The molecule has 2 aromatic carbocycles. The highest BCUT2D eigenvalue weighted by Gasteiger charge is 2.32. The van der Waals surface area contributed by atoms with Crippen molar-refractivity contribution in [1.29, 1.82) is 0 Å². The molecule has 0 aliphatic carbocycles. The van der Waals surface area contributed by atoms with Gasteiger partial charge in [-0.25, -0.2) is 17.8 Å². The molecule has 33 heavy (non-hydrogen) atoms. The van der Waals surface area contributed by atoms with E-state index in [1.54, 1.807) is 25.1 Å². The number of hydrogen-bond acceptors (Lipinski definition) is 7. The number of aromatic nitrogens is 1. The molecule has 172 valence electrons. The number of sulfonamides is 1. The molecule has 3 aromatic rings. The lowest BCUT2D eigenvalue weighted by Crippen LogP contribution is -2.50. The number of piperazine rings is 1. The van der Waals surface area contributed by atoms with E-state index in [4.69, 9.17) is 0 Å². The van der Waals surface area contributed by atoms with Crippen molar-refractivity contribution >= 4 is 33.0 Å². The first kappa shape index (κ1) is 23.0. The van der Waals surface area contributed by atoms with Crippen LogP contribution in [0.15, 0.2) is 53.6 Å². The lowest BCUT2D eigenvalue weighted by atomic mass is 10.2. The summed E-state index contributed by atoms with van der Waals surface area (Å²) in [4.78, 5) is 29.2. The third kappa shape index (κ3) is 4.49. The molecule has 0 radical (unpaired) electrons. The molecule has 0 saturated carbocycles. The lowest BCUT2D eigenvalue weighted by Gasteiger charge is -2.34. The van der Waals surface area contributed by atoms with Crippen molar-refractivity contribution in [3.05, 3.63) is 75.0 Å². The van der Waals surface area contributed by atoms with E-state index in [0.29, 0.717) is 21.0 Å². The molecule has 1 saturated heterocycles. The molecule has 12 heteroatoms. The predicted molar refractivity (Wildman–Crippen MR) is 120 cm³/mol. The second kappa shape index (κ2) is 8.96. The van der Waals surface area contributed by atoms with Gasteiger partial charge in [-0.3, -0.25) is 14.9 Å². The van der Waals surface area contributed by atoms with E-state index in [2.05, 4.69) is 4.98 Å². The Kier molecular flexibility index (Phi) is 6.23. The van der Waals surface area contributed by atoms with E-state index in [1.165, 1.54) is 33.6 Å². The van der Waals surface area contributed by atoms with Gasteiger partial charge in [0.25, 0.3) is 11.6 Å². The summed E-state index contributed by atoms with van der Waals surface area (Å²) in [5, 5.41) is 11.4. The van der Waals surface area contributed by atoms with E-state index in [9.17, 15) is 27.7 Å². The van der Waals surface area contributed by atoms with Crippen molar-refractivity contribution in [2.75, 3.05) is 26.2 Å². The minimum absolute atomic E-state index is 0.0508. The maximum atomic E-state index is 14.0. The second-order valence-corrected chi connectivity index (χ2v) is 10.3. The Balaban J connectivity index is 1.47. The van der Waals surface area contributed by atoms with Crippen molar-refractivity contribution in [3.63, 3.8) is 0 Å². The zero-order valence-corrected chi connectivity index (χ0v) is 19.1. The molecule has 1 aliphatic rings. The van der Waals surface area contributed by atoms with Gasteiger partial charge in [-0.2, -0.15) is 4.31 Å². The second-order valence-electron chi connectivity index (χ2n) is 7.41. The summed E-state index contributed by atoms with van der Waals surface area (Å²) in [6, 6.07) is 9.88. The molecule has 0 unspecified atom stereocenters. The maximum absolute atomic E-state index is 14.0. The van der Waals surface area contributed by atoms with Crippen LogP contribution in [0.3, 0.4) is 0 Å². The Morgan fingerprint density at radius 3 is 2.52 bits per heavy atom. The summed E-state index contributed by atoms with van der Waals surface area (Å²) in [5.74, 6) is -0.736. The van der Waals surface area contributed by atoms with Crippen LogP contribution in [0.5, 0.6) is 0 Å². The highest BCUT2D eigenvalue weighted by atomic mass is 32.2. The molecule has 1 amide bonds. The third-order valence-electron chi connectivity index (χ3n) is 5.35. The molecule has 1 fully saturated rings. The Morgan fingerprint density at radius 1 is 1.15 bits per heavy atom. The molecule has 2 heterocycles. The highest BCUT2D eigenvalue weighted by Crippen LogP contribution is 2.29. The molecule has 0 spiro atoms. The average molecular weight is 491 g/mol. The average Bonchev–Trinajstić information content (AvgIpc) is 3.29. The Labute approximate surface area is 193 Å². The molecular formula is C21H19FN4O5S2. The number of carbonyl (C=O) groups excluding carboxylic acids is 1. The van der Waals surface area contributed by atoms with Gasteiger partial charge in [0.15, 0.2) is 0 Å². The minimum atomic E-state index is -3.96. The molecule has 0 N–H and O–H groups in total. The van der Waals surface area contributed by atoms with Crippen LogP contribution in [0.25, 0.3) is 10.6 Å². The van der Waals surface area contributed by atoms with Crippen molar-refractivity contribution in [2.24, 2.45) is 0 Å². The highest BCUT2D eigenvalue weighted by molar-refractivity contribution is 7.89. The van der Waals surface area contributed by atoms with Gasteiger partial charge in [0.2, 0.25) is 10.0 Å². The number of carbonyl (C=O) groups is 1. The smallest absolute Gasteiger partial charge is 0.270 e. The summed E-state index contributed by atoms with van der Waals surface area (Å²) in [7, 11) is -3.96. The number of halogens is 1. The van der Waals surface area contributed by atoms with Gasteiger partial charge in [0.05, 0.1) is 16.0 Å². The molecule has 0 atom stereocenters. The number of amides is 1. The van der Waals surface area contributed by atoms with Crippen molar-refractivity contribution in [2.45, 2.75) is 11.8 Å². The van der Waals surface area contributed by atoms with Crippen LogP contribution in [0.2, 0.25) is 0 Å². The first-order valence-corrected chi connectivity index (χ1v) is 12.2. The van der Waals surface area contributed by atoms with Gasteiger partial charge in [-0.15, -0.1) is 11.3 Å². The van der Waals surface area contributed by atoms with E-state index in [1.807, 2.05) is 0 Å². The SMILES string of the molecule is Cc1ccc([N+](=O)[O-])cc1S(=O)(=O)N1CCN(C(=O)c2cnc(-c3ccccc3F)s2)CC1. The van der Waals surface area contributed by atoms with Crippen LogP contribution in [-0.2, 0) is 10.0 Å². The Hall–Kier alpha value is -3.22. The summed E-state index contributed by atoms with van der Waals surface area (Å²) in [6.45, 7) is 1.98. The quantitative estimate of drug-likeness (QED) is 0.400. The van der Waals surface area contributed by atoms with Crippen LogP contribution in [-0.4, -0.2) is 59.6 Å². The molecular weight excluding hydrogens is 471 g/mol. The fourth-order valence-corrected chi connectivity index (χ4v) is 6.12. The minimum Gasteiger partial charge on any atom is -0.335 e. The monoisotopic (exact) mass is 490 g/mol. The van der Waals surface area contributed by atoms with Gasteiger partial charge >= 0.3 is 0 Å². The molecule has 9 nitrogen and oxygen atoms in total. The fourth-order valence-electron chi connectivity index (χ4n) is 3.54. The predicted octanol–water partition coefficient (Wildman–Crippen LogP) is 3.31. The van der Waals surface area contributed by atoms with E-state index < -0.39 is 20.8 Å². The van der Waals surface area contributed by atoms with Crippen LogP contribution in [0, 0.1) is 22.9 Å². The number of hydrogen-bond donors (Lipinski definition) is 0. The maximum Gasteiger partial charge on any atom is 0.270 e. The zero-order valence-electron chi connectivity index (χ0n) is 17.5. The fraction of sp³-hybridized carbons (Fsp3) is 0.238. The zero-order chi connectivity index (χ0) is 23.8. The standard InChI is InChI=1S/C21H19FN4O5S2/c1-14-6-7-15(26(28)29)12-19(14)33(30,31)25-10-8-24(9-11-25)21(27)18-13-23-20(32-18)16-4-2-3-5-17(16)22/h2-7,12-13H,8-11H2,1H3. The molecule has 4 rings (SSSR count). The summed E-state index contributed by atoms with van der Waals surface area (Å²) < 4.78 is 41.4. The van der Waals surface area contributed by atoms with Gasteiger partial charge in [-0.05, 0) is 24.6 Å². The van der Waals surface area contributed by atoms with E-state index in [0.717, 1.165) is 17.4 Å². The van der Waals surface area contributed by atoms with Gasteiger partial charge in [0.1, 0.15) is 15.7 Å². The number of nitro groups is 1. The molecule has 1 aliphatic heterocycles. The first-order valence-electron chi connectivity index (χ1n) is 9.93. The molecule has 1 aromatic heterocycles. The van der Waals surface area contributed by atoms with Crippen LogP contribution < -0.4 is 0 Å². The van der Waals surface area contributed by atoms with Crippen LogP contribution in [0.4, 0.5) is 10.1 Å². The Morgan fingerprint density at radius 2 is 1.85 bits per heavy atom. The van der Waals surface area contributed by atoms with E-state index >= 15 is 0 Å². The number of nitro benzene ring substituents is 1. The number of thiazole rings is 1. The van der Waals surface area contributed by atoms with Crippen LogP contribution >= 0.6 is 11.3 Å². The largest absolute Gasteiger partial charge is 0.335 e. The van der Waals surface area contributed by atoms with Crippen molar-refractivity contribution in [3.8, 4) is 10.6 Å². The number of rotatable bonds is 5. The summed E-state index contributed by atoms with van der Waals surface area (Å²) in [6.07, 6.45) is 1.39. The number of benzene rings is 2. The van der Waals surface area contributed by atoms with E-state index in [-0.39, 0.29) is 42.7 Å². The summed E-state index contributed by atoms with van der Waals surface area (Å²) >= 11 is 1.07. The Bertz CT molecular complexity index is 1330. The number of nitrogens with zero attached hydrogens (tertiary/aromatic N) is 4. The topological polar surface area (TPSA) is 114 Å². The first-order chi connectivity index (χ1) is 15.7. The van der Waals surface area contributed by atoms with Gasteiger partial charge < -0.3 is 4.90 Å². The van der Waals surface area contributed by atoms with Crippen LogP contribution in [0.1, 0.15) is 15.2 Å². The van der Waals surface area contributed by atoms with Crippen molar-refractivity contribution in [1.82, 2.24) is 14.2 Å². The van der Waals surface area contributed by atoms with Gasteiger partial charge in [-0.1, -0.05) is 18.2 Å². The number of non-ortho nitro benzene ring substituents is 1.